The Morgan fingerprint density at radius 2 is 2.35 bits per heavy atom. The molecule has 1 fully saturated rings. The summed E-state index contributed by atoms with van der Waals surface area (Å²) < 4.78 is 11.4. The summed E-state index contributed by atoms with van der Waals surface area (Å²) in [6.07, 6.45) is 5.92. The van der Waals surface area contributed by atoms with Gasteiger partial charge in [-0.3, -0.25) is 4.79 Å². The topological polar surface area (TPSA) is 54.9 Å². The molecule has 0 bridgehead atoms. The lowest BCUT2D eigenvalue weighted by Crippen LogP contribution is -2.32. The summed E-state index contributed by atoms with van der Waals surface area (Å²) in [4.78, 5) is 20.6. The lowest BCUT2D eigenvalue weighted by Gasteiger charge is -2.22. The minimum atomic E-state index is 0.00644. The summed E-state index contributed by atoms with van der Waals surface area (Å²) in [5, 5.41) is 0. The maximum Gasteiger partial charge on any atom is 0.252 e. The van der Waals surface area contributed by atoms with Crippen LogP contribution < -0.4 is 9.64 Å². The molecule has 1 atom stereocenters. The number of carbonyl (C=O) groups excluding carboxylic acids is 1. The summed E-state index contributed by atoms with van der Waals surface area (Å²) in [5.41, 5.74) is 0.771. The van der Waals surface area contributed by atoms with Gasteiger partial charge in [0.05, 0.1) is 25.0 Å². The van der Waals surface area contributed by atoms with Crippen molar-refractivity contribution in [2.45, 2.75) is 25.4 Å². The molecule has 3 rings (SSSR count). The van der Waals surface area contributed by atoms with Gasteiger partial charge in [-0.2, -0.15) is 0 Å². The molecule has 0 aliphatic carbocycles. The van der Waals surface area contributed by atoms with Gasteiger partial charge in [-0.25, -0.2) is 4.98 Å². The molecule has 1 aromatic rings. The number of aromatic nitrogens is 1. The van der Waals surface area contributed by atoms with Crippen LogP contribution in [0, 0.1) is 0 Å². The zero-order chi connectivity index (χ0) is 16.2. The molecule has 0 radical (unpaired) electrons. The van der Waals surface area contributed by atoms with Crippen LogP contribution >= 0.6 is 0 Å². The van der Waals surface area contributed by atoms with Gasteiger partial charge in [0, 0.05) is 33.3 Å². The van der Waals surface area contributed by atoms with E-state index in [2.05, 4.69) is 4.98 Å². The van der Waals surface area contributed by atoms with Crippen LogP contribution in [0.5, 0.6) is 5.75 Å². The minimum absolute atomic E-state index is 0.00644. The summed E-state index contributed by atoms with van der Waals surface area (Å²) in [5.74, 6) is 1.65. The molecule has 0 saturated carbocycles. The zero-order valence-corrected chi connectivity index (χ0v) is 13.7. The van der Waals surface area contributed by atoms with E-state index in [-0.39, 0.29) is 12.0 Å². The Morgan fingerprint density at radius 3 is 3.09 bits per heavy atom. The second kappa shape index (κ2) is 6.89. The van der Waals surface area contributed by atoms with E-state index < -0.39 is 0 Å². The number of rotatable bonds is 4. The average Bonchev–Trinajstić information content (AvgIpc) is 3.04. The summed E-state index contributed by atoms with van der Waals surface area (Å²) in [6, 6.07) is 3.79. The largest absolute Gasteiger partial charge is 0.501 e. The second-order valence-electron chi connectivity index (χ2n) is 6.12. The number of pyridine rings is 1. The quantitative estimate of drug-likeness (QED) is 0.848. The smallest absolute Gasteiger partial charge is 0.252 e. The Morgan fingerprint density at radius 1 is 1.48 bits per heavy atom. The van der Waals surface area contributed by atoms with Crippen LogP contribution in [0.2, 0.25) is 0 Å². The number of amides is 1. The first-order valence-corrected chi connectivity index (χ1v) is 8.04. The minimum Gasteiger partial charge on any atom is -0.501 e. The van der Waals surface area contributed by atoms with Crippen LogP contribution in [0.3, 0.4) is 0 Å². The number of carbonyl (C=O) groups is 1. The number of likely N-dealkylation sites (tertiary alicyclic amines) is 1. The SMILES string of the molecule is CN(C)c1ncccc1O[C@@H]1CCN(C(=O)C2=COCCC2)C1. The standard InChI is InChI=1S/C17H23N3O3/c1-19(2)16-15(6-3-8-18-16)23-14-7-9-20(11-14)17(21)13-5-4-10-22-12-13/h3,6,8,12,14H,4-5,7,9-11H2,1-2H3/t14-/m1/s1. The molecule has 3 heterocycles. The van der Waals surface area contributed by atoms with Crippen molar-refractivity contribution in [1.82, 2.24) is 9.88 Å². The number of hydrogen-bond donors (Lipinski definition) is 0. The molecule has 2 aliphatic rings. The molecule has 23 heavy (non-hydrogen) atoms. The maximum absolute atomic E-state index is 12.5. The number of nitrogens with zero attached hydrogens (tertiary/aromatic N) is 3. The van der Waals surface area contributed by atoms with Gasteiger partial charge in [-0.05, 0) is 25.0 Å². The van der Waals surface area contributed by atoms with Gasteiger partial charge in [-0.1, -0.05) is 0 Å². The van der Waals surface area contributed by atoms with Crippen molar-refractivity contribution in [3.8, 4) is 5.75 Å². The molecule has 1 aromatic heterocycles. The van der Waals surface area contributed by atoms with Crippen LogP contribution in [0.15, 0.2) is 30.2 Å². The molecule has 124 valence electrons. The summed E-state index contributed by atoms with van der Waals surface area (Å²) >= 11 is 0. The molecular formula is C17H23N3O3. The Bertz CT molecular complexity index is 601. The van der Waals surface area contributed by atoms with Gasteiger partial charge in [0.25, 0.3) is 5.91 Å². The van der Waals surface area contributed by atoms with Crippen molar-refractivity contribution >= 4 is 11.7 Å². The molecule has 0 unspecified atom stereocenters. The van der Waals surface area contributed by atoms with Crippen LogP contribution in [0.1, 0.15) is 19.3 Å². The third kappa shape index (κ3) is 3.57. The van der Waals surface area contributed by atoms with Gasteiger partial charge in [-0.15, -0.1) is 0 Å². The lowest BCUT2D eigenvalue weighted by atomic mass is 10.1. The van der Waals surface area contributed by atoms with Gasteiger partial charge in [0.1, 0.15) is 6.10 Å². The first-order valence-electron chi connectivity index (χ1n) is 8.04. The fraction of sp³-hybridized carbons (Fsp3) is 0.529. The molecule has 6 heteroatoms. The van der Waals surface area contributed by atoms with E-state index in [9.17, 15) is 4.79 Å². The number of ether oxygens (including phenoxy) is 2. The van der Waals surface area contributed by atoms with Crippen molar-refractivity contribution in [2.24, 2.45) is 0 Å². The molecule has 0 N–H and O–H groups in total. The van der Waals surface area contributed by atoms with Gasteiger partial charge >= 0.3 is 0 Å². The van der Waals surface area contributed by atoms with E-state index in [4.69, 9.17) is 9.47 Å². The summed E-state index contributed by atoms with van der Waals surface area (Å²) in [6.45, 7) is 2.03. The van der Waals surface area contributed by atoms with Gasteiger partial charge in [0.2, 0.25) is 0 Å². The first kappa shape index (κ1) is 15.6. The molecule has 0 spiro atoms. The highest BCUT2D eigenvalue weighted by Gasteiger charge is 2.30. The number of anilines is 1. The van der Waals surface area contributed by atoms with E-state index in [0.29, 0.717) is 13.2 Å². The maximum atomic E-state index is 12.5. The van der Waals surface area contributed by atoms with Crippen LogP contribution in [0.4, 0.5) is 5.82 Å². The Labute approximate surface area is 136 Å². The van der Waals surface area contributed by atoms with Gasteiger partial charge in [0.15, 0.2) is 11.6 Å². The first-order chi connectivity index (χ1) is 11.1. The van der Waals surface area contributed by atoms with Crippen molar-refractivity contribution in [2.75, 3.05) is 38.7 Å². The van der Waals surface area contributed by atoms with Crippen molar-refractivity contribution < 1.29 is 14.3 Å². The Balaban J connectivity index is 1.62. The molecule has 2 aliphatic heterocycles. The molecule has 0 aromatic carbocycles. The van der Waals surface area contributed by atoms with Crippen molar-refractivity contribution in [3.05, 3.63) is 30.2 Å². The van der Waals surface area contributed by atoms with Crippen LogP contribution in [-0.4, -0.2) is 55.7 Å². The fourth-order valence-electron chi connectivity index (χ4n) is 2.92. The van der Waals surface area contributed by atoms with E-state index in [1.54, 1.807) is 12.5 Å². The monoisotopic (exact) mass is 317 g/mol. The average molecular weight is 317 g/mol. The van der Waals surface area contributed by atoms with Gasteiger partial charge < -0.3 is 19.3 Å². The predicted molar refractivity (Wildman–Crippen MR) is 87.4 cm³/mol. The molecule has 6 nitrogen and oxygen atoms in total. The highest BCUT2D eigenvalue weighted by atomic mass is 16.5. The predicted octanol–water partition coefficient (Wildman–Crippen LogP) is 1.82. The fourth-order valence-corrected chi connectivity index (χ4v) is 2.92. The van der Waals surface area contributed by atoms with E-state index in [0.717, 1.165) is 42.9 Å². The van der Waals surface area contributed by atoms with E-state index in [1.807, 2.05) is 36.0 Å². The third-order valence-electron chi connectivity index (χ3n) is 4.11. The normalized spacial score (nSPS) is 20.7. The number of hydrogen-bond acceptors (Lipinski definition) is 5. The van der Waals surface area contributed by atoms with Crippen molar-refractivity contribution in [1.29, 1.82) is 0 Å². The third-order valence-corrected chi connectivity index (χ3v) is 4.11. The van der Waals surface area contributed by atoms with E-state index >= 15 is 0 Å². The van der Waals surface area contributed by atoms with Crippen molar-refractivity contribution in [3.63, 3.8) is 0 Å². The Kier molecular flexibility index (Phi) is 4.69. The highest BCUT2D eigenvalue weighted by Crippen LogP contribution is 2.27. The second-order valence-corrected chi connectivity index (χ2v) is 6.12. The molecule has 1 saturated heterocycles. The lowest BCUT2D eigenvalue weighted by molar-refractivity contribution is -0.126. The van der Waals surface area contributed by atoms with Crippen LogP contribution in [0.25, 0.3) is 0 Å². The zero-order valence-electron chi connectivity index (χ0n) is 13.7. The highest BCUT2D eigenvalue weighted by molar-refractivity contribution is 5.93. The Hall–Kier alpha value is -2.24. The summed E-state index contributed by atoms with van der Waals surface area (Å²) in [7, 11) is 3.88. The molecular weight excluding hydrogens is 294 g/mol. The molecule has 1 amide bonds. The van der Waals surface area contributed by atoms with E-state index in [1.165, 1.54) is 0 Å². The van der Waals surface area contributed by atoms with Crippen LogP contribution in [-0.2, 0) is 9.53 Å².